The van der Waals surface area contributed by atoms with E-state index in [1.807, 2.05) is 6.92 Å². The Morgan fingerprint density at radius 3 is 2.50 bits per heavy atom. The third-order valence-electron chi connectivity index (χ3n) is 1.33. The maximum atomic E-state index is 8.46. The molecule has 0 amide bonds. The van der Waals surface area contributed by atoms with Crippen LogP contribution in [0, 0.1) is 0 Å². The Balaban J connectivity index is 3.16. The van der Waals surface area contributed by atoms with Gasteiger partial charge in [-0.25, -0.2) is 0 Å². The van der Waals surface area contributed by atoms with Crippen LogP contribution in [0.5, 0.6) is 0 Å². The van der Waals surface area contributed by atoms with Crippen LogP contribution in [0.2, 0.25) is 0 Å². The summed E-state index contributed by atoms with van der Waals surface area (Å²) in [4.78, 5) is 0. The van der Waals surface area contributed by atoms with Gasteiger partial charge in [-0.05, 0) is 20.3 Å². The van der Waals surface area contributed by atoms with Gasteiger partial charge in [0.05, 0.1) is 6.61 Å². The first-order valence-electron chi connectivity index (χ1n) is 3.76. The second kappa shape index (κ2) is 5.65. The summed E-state index contributed by atoms with van der Waals surface area (Å²) in [5, 5.41) is 11.6. The lowest BCUT2D eigenvalue weighted by Gasteiger charge is -2.14. The van der Waals surface area contributed by atoms with Gasteiger partial charge in [-0.2, -0.15) is 0 Å². The predicted molar refractivity (Wildman–Crippen MR) is 42.8 cm³/mol. The molecule has 0 aliphatic rings. The lowest BCUT2D eigenvalue weighted by Crippen LogP contribution is -2.33. The Morgan fingerprint density at radius 1 is 1.50 bits per heavy atom. The third-order valence-corrected chi connectivity index (χ3v) is 1.33. The highest BCUT2D eigenvalue weighted by Gasteiger charge is 2.02. The van der Waals surface area contributed by atoms with Crippen molar-refractivity contribution in [3.63, 3.8) is 0 Å². The molecule has 0 aliphatic heterocycles. The highest BCUT2D eigenvalue weighted by molar-refractivity contribution is 4.65. The number of aliphatic hydroxyl groups is 1. The number of hydrogen-bond acceptors (Lipinski definition) is 3. The molecule has 0 aromatic carbocycles. The molecular formula is C7H18N2O. The molecule has 0 saturated carbocycles. The van der Waals surface area contributed by atoms with Gasteiger partial charge >= 0.3 is 0 Å². The van der Waals surface area contributed by atoms with E-state index in [1.165, 1.54) is 0 Å². The lowest BCUT2D eigenvalue weighted by molar-refractivity contribution is 0.283. The summed E-state index contributed by atoms with van der Waals surface area (Å²) in [7, 11) is 0. The summed E-state index contributed by atoms with van der Waals surface area (Å²) in [5.74, 6) is 0. The molecule has 0 aromatic rings. The fourth-order valence-corrected chi connectivity index (χ4v) is 0.952. The van der Waals surface area contributed by atoms with Crippen molar-refractivity contribution < 1.29 is 5.11 Å². The summed E-state index contributed by atoms with van der Waals surface area (Å²) in [6.45, 7) is 4.91. The number of rotatable bonds is 5. The van der Waals surface area contributed by atoms with Crippen molar-refractivity contribution in [3.8, 4) is 0 Å². The monoisotopic (exact) mass is 146 g/mol. The summed E-state index contributed by atoms with van der Waals surface area (Å²) >= 11 is 0. The average Bonchev–Trinajstić information content (AvgIpc) is 1.82. The predicted octanol–water partition coefficient (Wildman–Crippen LogP) is -0.306. The number of nitrogens with one attached hydrogen (secondary N) is 1. The second-order valence-corrected chi connectivity index (χ2v) is 2.79. The molecule has 0 saturated heterocycles. The minimum Gasteiger partial charge on any atom is -0.395 e. The summed E-state index contributed by atoms with van der Waals surface area (Å²) in [6.07, 6.45) is 0.958. The fraction of sp³-hybridized carbons (Fsp3) is 1.00. The smallest absolute Gasteiger partial charge is 0.0556 e. The molecule has 4 N–H and O–H groups in total. The molecule has 0 fully saturated rings. The molecule has 0 heterocycles. The van der Waals surface area contributed by atoms with Crippen molar-refractivity contribution in [2.45, 2.75) is 32.4 Å². The Kier molecular flexibility index (Phi) is 5.58. The van der Waals surface area contributed by atoms with Crippen LogP contribution in [0.3, 0.4) is 0 Å². The Morgan fingerprint density at radius 2 is 2.10 bits per heavy atom. The van der Waals surface area contributed by atoms with Crippen molar-refractivity contribution in [3.05, 3.63) is 0 Å². The Hall–Kier alpha value is -0.120. The minimum absolute atomic E-state index is 0.198. The quantitative estimate of drug-likeness (QED) is 0.499. The molecule has 0 aromatic heterocycles. The Bertz CT molecular complexity index is 76.0. The number of aliphatic hydroxyl groups excluding tert-OH is 1. The molecule has 3 nitrogen and oxygen atoms in total. The zero-order chi connectivity index (χ0) is 7.98. The first-order chi connectivity index (χ1) is 4.66. The van der Waals surface area contributed by atoms with Crippen molar-refractivity contribution in [1.29, 1.82) is 0 Å². The molecule has 3 heteroatoms. The van der Waals surface area contributed by atoms with E-state index in [0.29, 0.717) is 12.6 Å². The molecule has 10 heavy (non-hydrogen) atoms. The van der Waals surface area contributed by atoms with Gasteiger partial charge in [0.2, 0.25) is 0 Å². The first-order valence-corrected chi connectivity index (χ1v) is 3.76. The van der Waals surface area contributed by atoms with Gasteiger partial charge in [-0.3, -0.25) is 0 Å². The van der Waals surface area contributed by atoms with E-state index < -0.39 is 0 Å². The summed E-state index contributed by atoms with van der Waals surface area (Å²) < 4.78 is 0. The molecule has 0 bridgehead atoms. The van der Waals surface area contributed by atoms with Crippen LogP contribution in [0.25, 0.3) is 0 Å². The molecule has 2 atom stereocenters. The van der Waals surface area contributed by atoms with Gasteiger partial charge in [-0.15, -0.1) is 0 Å². The summed E-state index contributed by atoms with van der Waals surface area (Å²) in [5.41, 5.74) is 5.56. The van der Waals surface area contributed by atoms with Crippen LogP contribution in [0.4, 0.5) is 0 Å². The SMILES string of the molecule is CC(C[C@H](C)N)NCCO. The second-order valence-electron chi connectivity index (χ2n) is 2.79. The molecule has 0 radical (unpaired) electrons. The molecule has 0 rings (SSSR count). The standard InChI is InChI=1S/C7H18N2O/c1-6(8)5-7(2)9-3-4-10/h6-7,9-10H,3-5,8H2,1-2H3/t6-,7?/m0/s1. The van der Waals surface area contributed by atoms with Crippen LogP contribution in [-0.4, -0.2) is 30.3 Å². The van der Waals surface area contributed by atoms with E-state index in [2.05, 4.69) is 12.2 Å². The maximum absolute atomic E-state index is 8.46. The average molecular weight is 146 g/mol. The Labute approximate surface area is 62.6 Å². The first kappa shape index (κ1) is 9.88. The minimum atomic E-state index is 0.198. The highest BCUT2D eigenvalue weighted by atomic mass is 16.3. The van der Waals surface area contributed by atoms with Crippen molar-refractivity contribution in [2.75, 3.05) is 13.2 Å². The van der Waals surface area contributed by atoms with E-state index in [4.69, 9.17) is 10.8 Å². The largest absolute Gasteiger partial charge is 0.395 e. The van der Waals surface area contributed by atoms with Gasteiger partial charge in [0.15, 0.2) is 0 Å². The van der Waals surface area contributed by atoms with Gasteiger partial charge in [0, 0.05) is 18.6 Å². The van der Waals surface area contributed by atoms with E-state index in [9.17, 15) is 0 Å². The van der Waals surface area contributed by atoms with Gasteiger partial charge < -0.3 is 16.2 Å². The molecule has 1 unspecified atom stereocenters. The lowest BCUT2D eigenvalue weighted by atomic mass is 10.1. The maximum Gasteiger partial charge on any atom is 0.0556 e. The number of nitrogens with two attached hydrogens (primary N) is 1. The van der Waals surface area contributed by atoms with Gasteiger partial charge in [-0.1, -0.05) is 0 Å². The third kappa shape index (κ3) is 6.01. The molecule has 62 valence electrons. The van der Waals surface area contributed by atoms with Crippen LogP contribution in [0.15, 0.2) is 0 Å². The van der Waals surface area contributed by atoms with Gasteiger partial charge in [0.1, 0.15) is 0 Å². The van der Waals surface area contributed by atoms with E-state index in [1.54, 1.807) is 0 Å². The van der Waals surface area contributed by atoms with Crippen molar-refractivity contribution in [1.82, 2.24) is 5.32 Å². The fourth-order valence-electron chi connectivity index (χ4n) is 0.952. The highest BCUT2D eigenvalue weighted by Crippen LogP contribution is 1.92. The zero-order valence-corrected chi connectivity index (χ0v) is 6.80. The zero-order valence-electron chi connectivity index (χ0n) is 6.80. The van der Waals surface area contributed by atoms with Gasteiger partial charge in [0.25, 0.3) is 0 Å². The van der Waals surface area contributed by atoms with E-state index in [-0.39, 0.29) is 12.6 Å². The molecule has 0 spiro atoms. The van der Waals surface area contributed by atoms with Crippen molar-refractivity contribution >= 4 is 0 Å². The normalized spacial score (nSPS) is 16.8. The molecular weight excluding hydrogens is 128 g/mol. The van der Waals surface area contributed by atoms with E-state index >= 15 is 0 Å². The van der Waals surface area contributed by atoms with Crippen molar-refractivity contribution in [2.24, 2.45) is 5.73 Å². The molecule has 0 aliphatic carbocycles. The number of hydrogen-bond donors (Lipinski definition) is 3. The van der Waals surface area contributed by atoms with Crippen LogP contribution in [0.1, 0.15) is 20.3 Å². The van der Waals surface area contributed by atoms with Crippen LogP contribution in [-0.2, 0) is 0 Å². The summed E-state index contributed by atoms with van der Waals surface area (Å²) in [6, 6.07) is 0.647. The van der Waals surface area contributed by atoms with Crippen LogP contribution >= 0.6 is 0 Å². The van der Waals surface area contributed by atoms with Crippen LogP contribution < -0.4 is 11.1 Å². The topological polar surface area (TPSA) is 58.3 Å². The van der Waals surface area contributed by atoms with E-state index in [0.717, 1.165) is 6.42 Å².